The van der Waals surface area contributed by atoms with E-state index in [4.69, 9.17) is 0 Å². The number of unbranched alkanes of at least 4 members (excludes halogenated alkanes) is 6. The number of benzene rings is 2. The van der Waals surface area contributed by atoms with Crippen molar-refractivity contribution in [2.75, 3.05) is 6.61 Å². The second kappa shape index (κ2) is 12.3. The molecule has 27 heavy (non-hydrogen) atoms. The van der Waals surface area contributed by atoms with E-state index >= 15 is 0 Å². The van der Waals surface area contributed by atoms with Gasteiger partial charge in [0, 0.05) is 17.7 Å². The summed E-state index contributed by atoms with van der Waals surface area (Å²) in [6, 6.07) is 16.1. The van der Waals surface area contributed by atoms with E-state index < -0.39 is 0 Å². The van der Waals surface area contributed by atoms with Crippen molar-refractivity contribution in [3.05, 3.63) is 70.8 Å². The molecule has 0 aromatic heterocycles. The molecule has 0 aliphatic heterocycles. The van der Waals surface area contributed by atoms with Gasteiger partial charge in [0.2, 0.25) is 0 Å². The Labute approximate surface area is 163 Å². The number of nitrogens with zero attached hydrogens (tertiary/aromatic N) is 1. The summed E-state index contributed by atoms with van der Waals surface area (Å²) in [5.41, 5.74) is 4.64. The summed E-state index contributed by atoms with van der Waals surface area (Å²) in [4.78, 5) is 0. The fourth-order valence-electron chi connectivity index (χ4n) is 3.49. The van der Waals surface area contributed by atoms with Gasteiger partial charge in [0.25, 0.3) is 0 Å². The van der Waals surface area contributed by atoms with E-state index in [2.05, 4.69) is 30.3 Å². The topological polar surface area (TPSA) is 52.8 Å². The molecular formula is C24H33NO2. The molecule has 0 atom stereocenters. The van der Waals surface area contributed by atoms with Gasteiger partial charge in [0.05, 0.1) is 0 Å². The Morgan fingerprint density at radius 3 is 2.22 bits per heavy atom. The second-order valence-electron chi connectivity index (χ2n) is 7.15. The van der Waals surface area contributed by atoms with Crippen molar-refractivity contribution >= 4 is 5.71 Å². The lowest BCUT2D eigenvalue weighted by molar-refractivity contribution is 0.299. The highest BCUT2D eigenvalue weighted by Gasteiger charge is 2.13. The first-order chi connectivity index (χ1) is 13.3. The standard InChI is InChI=1S/C24H33NO2/c1-2-3-4-5-6-7-9-12-20-15-16-21(17-18-26)23(19-20)24(25-27)22-13-10-8-11-14-22/h8,10-11,13-16,19,26-27H,2-7,9,12,17-18H2,1H3. The molecule has 0 fully saturated rings. The van der Waals surface area contributed by atoms with Crippen LogP contribution in [0, 0.1) is 0 Å². The predicted octanol–water partition coefficient (Wildman–Crippen LogP) is 5.74. The van der Waals surface area contributed by atoms with E-state index in [0.29, 0.717) is 12.1 Å². The number of aryl methyl sites for hydroxylation is 1. The highest BCUT2D eigenvalue weighted by atomic mass is 16.4. The summed E-state index contributed by atoms with van der Waals surface area (Å²) in [7, 11) is 0. The largest absolute Gasteiger partial charge is 0.410 e. The van der Waals surface area contributed by atoms with Crippen molar-refractivity contribution in [1.29, 1.82) is 0 Å². The lowest BCUT2D eigenvalue weighted by Crippen LogP contribution is -2.09. The van der Waals surface area contributed by atoms with Crippen LogP contribution in [0.3, 0.4) is 0 Å². The molecule has 0 spiro atoms. The maximum Gasteiger partial charge on any atom is 0.117 e. The summed E-state index contributed by atoms with van der Waals surface area (Å²) in [6.45, 7) is 2.33. The zero-order valence-corrected chi connectivity index (χ0v) is 16.5. The predicted molar refractivity (Wildman–Crippen MR) is 113 cm³/mol. The van der Waals surface area contributed by atoms with Crippen LogP contribution in [0.1, 0.15) is 74.1 Å². The van der Waals surface area contributed by atoms with Crippen LogP contribution in [-0.2, 0) is 12.8 Å². The summed E-state index contributed by atoms with van der Waals surface area (Å²) in [5, 5.41) is 22.6. The van der Waals surface area contributed by atoms with Gasteiger partial charge in [-0.1, -0.05) is 93.1 Å². The minimum Gasteiger partial charge on any atom is -0.410 e. The molecule has 0 radical (unpaired) electrons. The molecule has 3 heteroatoms. The number of oxime groups is 1. The summed E-state index contributed by atoms with van der Waals surface area (Å²) in [6.07, 6.45) is 10.7. The third-order valence-electron chi connectivity index (χ3n) is 5.03. The van der Waals surface area contributed by atoms with Gasteiger partial charge in [-0.25, -0.2) is 0 Å². The van der Waals surface area contributed by atoms with Crippen molar-refractivity contribution in [2.24, 2.45) is 5.16 Å². The van der Waals surface area contributed by atoms with Gasteiger partial charge in [-0.2, -0.15) is 0 Å². The fraction of sp³-hybridized carbons (Fsp3) is 0.458. The van der Waals surface area contributed by atoms with Crippen molar-refractivity contribution in [1.82, 2.24) is 0 Å². The van der Waals surface area contributed by atoms with Crippen LogP contribution >= 0.6 is 0 Å². The number of aliphatic hydroxyl groups is 1. The molecule has 0 saturated heterocycles. The number of aliphatic hydroxyl groups excluding tert-OH is 1. The van der Waals surface area contributed by atoms with E-state index in [0.717, 1.165) is 23.1 Å². The molecule has 0 bridgehead atoms. The highest BCUT2D eigenvalue weighted by molar-refractivity contribution is 6.13. The minimum atomic E-state index is 0.0810. The zero-order chi connectivity index (χ0) is 19.3. The summed E-state index contributed by atoms with van der Waals surface area (Å²) < 4.78 is 0. The average Bonchev–Trinajstić information content (AvgIpc) is 2.70. The molecule has 0 saturated carbocycles. The third kappa shape index (κ3) is 6.84. The molecule has 0 heterocycles. The Morgan fingerprint density at radius 2 is 1.56 bits per heavy atom. The van der Waals surface area contributed by atoms with Crippen LogP contribution in [0.2, 0.25) is 0 Å². The monoisotopic (exact) mass is 367 g/mol. The molecule has 0 aliphatic rings. The molecular weight excluding hydrogens is 334 g/mol. The van der Waals surface area contributed by atoms with Gasteiger partial charge in [0.1, 0.15) is 5.71 Å². The van der Waals surface area contributed by atoms with E-state index in [1.165, 1.54) is 50.5 Å². The normalized spacial score (nSPS) is 11.7. The molecule has 0 amide bonds. The Hall–Kier alpha value is -2.13. The van der Waals surface area contributed by atoms with Crippen molar-refractivity contribution < 1.29 is 10.3 Å². The van der Waals surface area contributed by atoms with Gasteiger partial charge < -0.3 is 10.3 Å². The fourth-order valence-corrected chi connectivity index (χ4v) is 3.49. The lowest BCUT2D eigenvalue weighted by atomic mass is 9.92. The van der Waals surface area contributed by atoms with Crippen LogP contribution in [0.4, 0.5) is 0 Å². The molecule has 2 rings (SSSR count). The molecule has 2 aromatic carbocycles. The summed E-state index contributed by atoms with van der Waals surface area (Å²) in [5.74, 6) is 0. The van der Waals surface area contributed by atoms with Gasteiger partial charge >= 0.3 is 0 Å². The second-order valence-corrected chi connectivity index (χ2v) is 7.15. The van der Waals surface area contributed by atoms with Gasteiger partial charge in [-0.05, 0) is 36.5 Å². The quantitative estimate of drug-likeness (QED) is 0.217. The van der Waals surface area contributed by atoms with Crippen molar-refractivity contribution in [2.45, 2.75) is 64.7 Å². The number of hydrogen-bond acceptors (Lipinski definition) is 3. The van der Waals surface area contributed by atoms with Crippen LogP contribution in [-0.4, -0.2) is 22.6 Å². The molecule has 0 aliphatic carbocycles. The molecule has 146 valence electrons. The highest BCUT2D eigenvalue weighted by Crippen LogP contribution is 2.20. The minimum absolute atomic E-state index is 0.0810. The van der Waals surface area contributed by atoms with E-state index in [1.54, 1.807) is 0 Å². The van der Waals surface area contributed by atoms with Crippen LogP contribution < -0.4 is 0 Å². The Kier molecular flexibility index (Phi) is 9.64. The number of rotatable bonds is 12. The van der Waals surface area contributed by atoms with Crippen LogP contribution in [0.5, 0.6) is 0 Å². The van der Waals surface area contributed by atoms with Gasteiger partial charge in [-0.3, -0.25) is 0 Å². The van der Waals surface area contributed by atoms with Crippen LogP contribution in [0.15, 0.2) is 53.7 Å². The van der Waals surface area contributed by atoms with E-state index in [-0.39, 0.29) is 6.61 Å². The lowest BCUT2D eigenvalue weighted by Gasteiger charge is -2.13. The zero-order valence-electron chi connectivity index (χ0n) is 16.5. The van der Waals surface area contributed by atoms with Crippen molar-refractivity contribution in [3.63, 3.8) is 0 Å². The maximum absolute atomic E-state index is 9.66. The Bertz CT molecular complexity index is 695. The first-order valence-corrected chi connectivity index (χ1v) is 10.3. The maximum atomic E-state index is 9.66. The smallest absolute Gasteiger partial charge is 0.117 e. The van der Waals surface area contributed by atoms with E-state index in [9.17, 15) is 10.3 Å². The van der Waals surface area contributed by atoms with Crippen molar-refractivity contribution in [3.8, 4) is 0 Å². The molecule has 3 nitrogen and oxygen atoms in total. The first kappa shape index (κ1) is 21.2. The average molecular weight is 368 g/mol. The molecule has 0 unspecified atom stereocenters. The Morgan fingerprint density at radius 1 is 0.852 bits per heavy atom. The van der Waals surface area contributed by atoms with E-state index in [1.807, 2.05) is 30.3 Å². The molecule has 2 N–H and O–H groups in total. The Balaban J connectivity index is 2.07. The summed E-state index contributed by atoms with van der Waals surface area (Å²) >= 11 is 0. The van der Waals surface area contributed by atoms with Crippen LogP contribution in [0.25, 0.3) is 0 Å². The third-order valence-corrected chi connectivity index (χ3v) is 5.03. The molecule has 2 aromatic rings. The van der Waals surface area contributed by atoms with Gasteiger partial charge in [0.15, 0.2) is 0 Å². The SMILES string of the molecule is CCCCCCCCCc1ccc(CCO)c(C(=NO)c2ccccc2)c1. The van der Waals surface area contributed by atoms with Gasteiger partial charge in [-0.15, -0.1) is 0 Å². The first-order valence-electron chi connectivity index (χ1n) is 10.3. The number of hydrogen-bond donors (Lipinski definition) is 2.